The Morgan fingerprint density at radius 2 is 1.71 bits per heavy atom. The number of carbonyl (C=O) groups is 2. The van der Waals surface area contributed by atoms with Crippen LogP contribution in [0.25, 0.3) is 33.5 Å². The van der Waals surface area contributed by atoms with Gasteiger partial charge in [0, 0.05) is 5.56 Å². The second-order valence-corrected chi connectivity index (χ2v) is 9.06. The summed E-state index contributed by atoms with van der Waals surface area (Å²) in [7, 11) is 0. The van der Waals surface area contributed by atoms with Crippen molar-refractivity contribution in [2.75, 3.05) is 0 Å². The molecule has 0 saturated heterocycles. The highest BCUT2D eigenvalue weighted by Gasteiger charge is 2.23. The predicted molar refractivity (Wildman–Crippen MR) is 145 cm³/mol. The van der Waals surface area contributed by atoms with E-state index in [1.807, 2.05) is 61.5 Å². The number of aromatic nitrogens is 2. The molecule has 0 radical (unpaired) electrons. The van der Waals surface area contributed by atoms with E-state index in [0.29, 0.717) is 16.9 Å². The van der Waals surface area contributed by atoms with Gasteiger partial charge in [0.25, 0.3) is 5.91 Å². The Labute approximate surface area is 219 Å². The molecule has 38 heavy (non-hydrogen) atoms. The summed E-state index contributed by atoms with van der Waals surface area (Å²) in [6.45, 7) is 2.04. The van der Waals surface area contributed by atoms with Gasteiger partial charge in [-0.05, 0) is 53.4 Å². The average molecular weight is 508 g/mol. The molecule has 1 aromatic heterocycles. The Kier molecular flexibility index (Phi) is 7.00. The van der Waals surface area contributed by atoms with Crippen molar-refractivity contribution in [3.8, 4) is 22.5 Å². The molecule has 7 heteroatoms. The van der Waals surface area contributed by atoms with Gasteiger partial charge in [0.2, 0.25) is 0 Å². The van der Waals surface area contributed by atoms with Crippen molar-refractivity contribution >= 4 is 22.9 Å². The fraction of sp³-hybridized carbons (Fsp3) is 0.129. The van der Waals surface area contributed by atoms with E-state index in [0.717, 1.165) is 23.9 Å². The molecule has 0 aliphatic carbocycles. The minimum Gasteiger partial charge on any atom is -0.478 e. The highest BCUT2D eigenvalue weighted by molar-refractivity contribution is 6.03. The Morgan fingerprint density at radius 3 is 2.45 bits per heavy atom. The van der Waals surface area contributed by atoms with Crippen molar-refractivity contribution in [2.24, 2.45) is 0 Å². The molecule has 1 heterocycles. The summed E-state index contributed by atoms with van der Waals surface area (Å²) in [6.07, 6.45) is 1.60. The van der Waals surface area contributed by atoms with Crippen molar-refractivity contribution in [3.63, 3.8) is 0 Å². The third-order valence-electron chi connectivity index (χ3n) is 6.53. The van der Waals surface area contributed by atoms with Crippen LogP contribution in [0.3, 0.4) is 0 Å². The zero-order valence-corrected chi connectivity index (χ0v) is 20.7. The molecule has 1 atom stereocenters. The lowest BCUT2D eigenvalue weighted by molar-refractivity contribution is 0.0697. The zero-order chi connectivity index (χ0) is 26.6. The molecule has 5 rings (SSSR count). The van der Waals surface area contributed by atoms with Crippen LogP contribution in [-0.2, 0) is 0 Å². The summed E-state index contributed by atoms with van der Waals surface area (Å²) in [5.41, 5.74) is 3.31. The Morgan fingerprint density at radius 1 is 0.947 bits per heavy atom. The number of fused-ring (bicyclic) bond motifs is 1. The molecule has 190 valence electrons. The van der Waals surface area contributed by atoms with Crippen molar-refractivity contribution in [1.29, 1.82) is 0 Å². The highest BCUT2D eigenvalue weighted by atomic mass is 19.1. The van der Waals surface area contributed by atoms with Gasteiger partial charge in [-0.2, -0.15) is 0 Å². The number of carboxylic acid groups (broad SMARTS) is 1. The maximum atomic E-state index is 15.2. The van der Waals surface area contributed by atoms with Crippen molar-refractivity contribution in [1.82, 2.24) is 15.3 Å². The van der Waals surface area contributed by atoms with Gasteiger partial charge in [-0.25, -0.2) is 14.2 Å². The average Bonchev–Trinajstić information content (AvgIpc) is 3.36. The van der Waals surface area contributed by atoms with Gasteiger partial charge in [-0.3, -0.25) is 4.79 Å². The van der Waals surface area contributed by atoms with Gasteiger partial charge in [0.15, 0.2) is 0 Å². The lowest BCUT2D eigenvalue weighted by Crippen LogP contribution is -2.28. The number of aromatic carboxylic acids is 1. The number of imidazole rings is 1. The quantitative estimate of drug-likeness (QED) is 0.211. The van der Waals surface area contributed by atoms with E-state index in [2.05, 4.69) is 15.3 Å². The SMILES string of the molecule is CCC[C@@H](NC(=O)c1ccc(-c2cccc(F)c2-c2nc3ccccc3[nH]2)c(C(=O)O)c1)c1ccccc1. The van der Waals surface area contributed by atoms with Crippen LogP contribution in [0.2, 0.25) is 0 Å². The summed E-state index contributed by atoms with van der Waals surface area (Å²) < 4.78 is 15.2. The molecular formula is C31H26FN3O3. The molecule has 0 spiro atoms. The summed E-state index contributed by atoms with van der Waals surface area (Å²) >= 11 is 0. The topological polar surface area (TPSA) is 95.1 Å². The van der Waals surface area contributed by atoms with E-state index in [1.54, 1.807) is 18.2 Å². The molecule has 6 nitrogen and oxygen atoms in total. The van der Waals surface area contributed by atoms with Crippen LogP contribution in [0.1, 0.15) is 52.1 Å². The number of aromatic amines is 1. The van der Waals surface area contributed by atoms with Gasteiger partial charge in [-0.15, -0.1) is 0 Å². The Bertz CT molecular complexity index is 1600. The monoisotopic (exact) mass is 507 g/mol. The molecule has 0 fully saturated rings. The number of carbonyl (C=O) groups excluding carboxylic acids is 1. The fourth-order valence-corrected chi connectivity index (χ4v) is 4.70. The minimum absolute atomic E-state index is 0.104. The first-order valence-corrected chi connectivity index (χ1v) is 12.4. The molecule has 0 aliphatic rings. The van der Waals surface area contributed by atoms with Gasteiger partial charge in [-0.1, -0.05) is 74.0 Å². The van der Waals surface area contributed by atoms with Crippen LogP contribution in [-0.4, -0.2) is 27.0 Å². The minimum atomic E-state index is -1.22. The molecule has 0 aliphatic heterocycles. The highest BCUT2D eigenvalue weighted by Crippen LogP contribution is 2.36. The van der Waals surface area contributed by atoms with Crippen LogP contribution >= 0.6 is 0 Å². The first-order valence-electron chi connectivity index (χ1n) is 12.4. The largest absolute Gasteiger partial charge is 0.478 e. The van der Waals surface area contributed by atoms with Crippen molar-refractivity contribution < 1.29 is 19.1 Å². The van der Waals surface area contributed by atoms with Gasteiger partial charge >= 0.3 is 5.97 Å². The van der Waals surface area contributed by atoms with E-state index in [-0.39, 0.29) is 34.2 Å². The third-order valence-corrected chi connectivity index (χ3v) is 6.53. The third kappa shape index (κ3) is 4.91. The number of nitrogens with zero attached hydrogens (tertiary/aromatic N) is 1. The van der Waals surface area contributed by atoms with Crippen LogP contribution in [0.5, 0.6) is 0 Å². The Balaban J connectivity index is 1.54. The smallest absolute Gasteiger partial charge is 0.336 e. The number of H-pyrrole nitrogens is 1. The Hall–Kier alpha value is -4.78. The van der Waals surface area contributed by atoms with Crippen LogP contribution in [0.15, 0.2) is 91.0 Å². The van der Waals surface area contributed by atoms with Crippen LogP contribution < -0.4 is 5.32 Å². The predicted octanol–water partition coefficient (Wildman–Crippen LogP) is 7.01. The van der Waals surface area contributed by atoms with Crippen LogP contribution in [0, 0.1) is 5.82 Å². The lowest BCUT2D eigenvalue weighted by atomic mass is 9.93. The number of amides is 1. The van der Waals surface area contributed by atoms with Crippen molar-refractivity contribution in [3.05, 3.63) is 114 Å². The summed E-state index contributed by atoms with van der Waals surface area (Å²) in [6, 6.07) is 25.7. The van der Waals surface area contributed by atoms with E-state index >= 15 is 4.39 Å². The standard InChI is InChI=1S/C31H26FN3O3/c1-2-9-25(19-10-4-3-5-11-19)35-30(36)20-16-17-21(23(18-20)31(37)38)22-12-8-13-24(32)28(22)29-33-26-14-6-7-15-27(26)34-29/h3-8,10-18,25H,2,9H2,1H3,(H,33,34)(H,35,36)(H,37,38)/t25-/m1/s1. The number of rotatable bonds is 8. The number of hydrogen-bond acceptors (Lipinski definition) is 3. The number of para-hydroxylation sites is 2. The molecule has 1 amide bonds. The molecular weight excluding hydrogens is 481 g/mol. The maximum Gasteiger partial charge on any atom is 0.336 e. The normalized spacial score (nSPS) is 11.8. The van der Waals surface area contributed by atoms with E-state index in [1.165, 1.54) is 18.2 Å². The molecule has 3 N–H and O–H groups in total. The molecule has 0 unspecified atom stereocenters. The van der Waals surface area contributed by atoms with E-state index < -0.39 is 11.8 Å². The van der Waals surface area contributed by atoms with Gasteiger partial charge in [0.05, 0.1) is 28.2 Å². The number of carboxylic acids is 1. The maximum absolute atomic E-state index is 15.2. The zero-order valence-electron chi connectivity index (χ0n) is 20.7. The van der Waals surface area contributed by atoms with Gasteiger partial charge in [0.1, 0.15) is 11.6 Å². The van der Waals surface area contributed by atoms with Gasteiger partial charge < -0.3 is 15.4 Å². The summed E-state index contributed by atoms with van der Waals surface area (Å²) in [4.78, 5) is 33.2. The first kappa shape index (κ1) is 24.9. The van der Waals surface area contributed by atoms with E-state index in [9.17, 15) is 14.7 Å². The second kappa shape index (κ2) is 10.7. The number of benzene rings is 4. The molecule has 4 aromatic carbocycles. The second-order valence-electron chi connectivity index (χ2n) is 9.06. The van der Waals surface area contributed by atoms with Crippen molar-refractivity contribution in [2.45, 2.75) is 25.8 Å². The fourth-order valence-electron chi connectivity index (χ4n) is 4.70. The number of halogens is 1. The molecule has 0 bridgehead atoms. The summed E-state index contributed by atoms with van der Waals surface area (Å²) in [5.74, 6) is -1.84. The van der Waals surface area contributed by atoms with E-state index in [4.69, 9.17) is 0 Å². The van der Waals surface area contributed by atoms with Crippen LogP contribution in [0.4, 0.5) is 4.39 Å². The number of hydrogen-bond donors (Lipinski definition) is 3. The summed E-state index contributed by atoms with van der Waals surface area (Å²) in [5, 5.41) is 13.1. The first-order chi connectivity index (χ1) is 18.5. The molecule has 0 saturated carbocycles. The molecule has 5 aromatic rings. The number of nitrogens with one attached hydrogen (secondary N) is 2. The lowest BCUT2D eigenvalue weighted by Gasteiger charge is -2.19.